The highest BCUT2D eigenvalue weighted by atomic mass is 35.5. The van der Waals surface area contributed by atoms with Gasteiger partial charge < -0.3 is 19.8 Å². The predicted molar refractivity (Wildman–Crippen MR) is 94.1 cm³/mol. The topological polar surface area (TPSA) is 89.3 Å². The zero-order chi connectivity index (χ0) is 17.6. The van der Waals surface area contributed by atoms with Gasteiger partial charge in [-0.25, -0.2) is 9.78 Å². The van der Waals surface area contributed by atoms with Gasteiger partial charge in [-0.05, 0) is 36.4 Å². The quantitative estimate of drug-likeness (QED) is 0.646. The van der Waals surface area contributed by atoms with Crippen LogP contribution in [-0.2, 0) is 11.3 Å². The van der Waals surface area contributed by atoms with Gasteiger partial charge in [-0.2, -0.15) is 4.98 Å². The molecule has 0 fully saturated rings. The van der Waals surface area contributed by atoms with Crippen molar-refractivity contribution < 1.29 is 13.9 Å². The first-order valence-corrected chi connectivity index (χ1v) is 7.77. The lowest BCUT2D eigenvalue weighted by atomic mass is 10.2. The summed E-state index contributed by atoms with van der Waals surface area (Å²) >= 11 is 6.18. The molecule has 1 aromatic carbocycles. The molecule has 0 atom stereocenters. The zero-order valence-corrected chi connectivity index (χ0v) is 14.1. The molecule has 25 heavy (non-hydrogen) atoms. The molecule has 3 rings (SSSR count). The first-order chi connectivity index (χ1) is 12.2. The van der Waals surface area contributed by atoms with Gasteiger partial charge in [0.05, 0.1) is 36.2 Å². The summed E-state index contributed by atoms with van der Waals surface area (Å²) in [6.07, 6.45) is 3.21. The highest BCUT2D eigenvalue weighted by Gasteiger charge is 2.10. The lowest BCUT2D eigenvalue weighted by Gasteiger charge is -2.10. The number of aromatic nitrogens is 2. The number of methoxy groups -OCH3 is 1. The second kappa shape index (κ2) is 7.67. The average molecular weight is 359 g/mol. The van der Waals surface area contributed by atoms with E-state index in [9.17, 15) is 4.79 Å². The minimum atomic E-state index is -0.441. The maximum absolute atomic E-state index is 11.6. The number of anilines is 3. The van der Waals surface area contributed by atoms with Gasteiger partial charge in [0, 0.05) is 6.20 Å². The van der Waals surface area contributed by atoms with Crippen molar-refractivity contribution in [3.63, 3.8) is 0 Å². The molecule has 2 N–H and O–H groups in total. The van der Waals surface area contributed by atoms with E-state index in [0.29, 0.717) is 34.6 Å². The minimum absolute atomic E-state index is 0.389. The van der Waals surface area contributed by atoms with Crippen molar-refractivity contribution in [3.8, 4) is 0 Å². The minimum Gasteiger partial charge on any atom is -0.467 e. The highest BCUT2D eigenvalue weighted by molar-refractivity contribution is 6.33. The van der Waals surface area contributed by atoms with Crippen LogP contribution in [0.15, 0.2) is 53.3 Å². The van der Waals surface area contributed by atoms with Gasteiger partial charge in [0.1, 0.15) is 11.6 Å². The van der Waals surface area contributed by atoms with Crippen molar-refractivity contribution >= 4 is 35.0 Å². The molecule has 0 amide bonds. The van der Waals surface area contributed by atoms with Crippen LogP contribution in [0.3, 0.4) is 0 Å². The van der Waals surface area contributed by atoms with Gasteiger partial charge in [-0.3, -0.25) is 0 Å². The standard InChI is InChI=1S/C17H15ClN4O3/c1-24-16(23)11-4-5-13(18)14(9-11)21-15-6-7-19-17(22-15)20-10-12-3-2-8-25-12/h2-9H,10H2,1H3,(H2,19,20,21,22). The molecular formula is C17H15ClN4O3. The van der Waals surface area contributed by atoms with Gasteiger partial charge in [0.25, 0.3) is 0 Å². The summed E-state index contributed by atoms with van der Waals surface area (Å²) in [5, 5.41) is 6.59. The molecular weight excluding hydrogens is 344 g/mol. The molecule has 128 valence electrons. The molecule has 0 spiro atoms. The van der Waals surface area contributed by atoms with E-state index in [-0.39, 0.29) is 0 Å². The number of furan rings is 1. The average Bonchev–Trinajstić information content (AvgIpc) is 3.15. The summed E-state index contributed by atoms with van der Waals surface area (Å²) < 4.78 is 9.96. The second-order valence-electron chi connectivity index (χ2n) is 5.01. The lowest BCUT2D eigenvalue weighted by Crippen LogP contribution is -2.05. The lowest BCUT2D eigenvalue weighted by molar-refractivity contribution is 0.0601. The van der Waals surface area contributed by atoms with E-state index in [1.54, 1.807) is 36.7 Å². The van der Waals surface area contributed by atoms with Crippen LogP contribution in [0.1, 0.15) is 16.1 Å². The van der Waals surface area contributed by atoms with Crippen LogP contribution >= 0.6 is 11.6 Å². The SMILES string of the molecule is COC(=O)c1ccc(Cl)c(Nc2ccnc(NCc3ccco3)n2)c1. The van der Waals surface area contributed by atoms with Crippen molar-refractivity contribution in [2.45, 2.75) is 6.54 Å². The molecule has 2 heterocycles. The van der Waals surface area contributed by atoms with Crippen LogP contribution in [0.2, 0.25) is 5.02 Å². The maximum Gasteiger partial charge on any atom is 0.337 e. The molecule has 0 aliphatic heterocycles. The first-order valence-electron chi connectivity index (χ1n) is 7.40. The van der Waals surface area contributed by atoms with E-state index in [2.05, 4.69) is 20.6 Å². The fourth-order valence-corrected chi connectivity index (χ4v) is 2.26. The first kappa shape index (κ1) is 16.8. The summed E-state index contributed by atoms with van der Waals surface area (Å²) in [5.41, 5.74) is 0.930. The van der Waals surface area contributed by atoms with Crippen LogP contribution in [0.25, 0.3) is 0 Å². The number of hydrogen-bond donors (Lipinski definition) is 2. The Morgan fingerprint density at radius 1 is 1.32 bits per heavy atom. The number of hydrogen-bond acceptors (Lipinski definition) is 7. The van der Waals surface area contributed by atoms with E-state index in [4.69, 9.17) is 20.8 Å². The number of ether oxygens (including phenoxy) is 1. The Balaban J connectivity index is 1.74. The third-order valence-corrected chi connectivity index (χ3v) is 3.64. The van der Waals surface area contributed by atoms with Gasteiger partial charge in [0.2, 0.25) is 5.95 Å². The molecule has 0 aliphatic carbocycles. The van der Waals surface area contributed by atoms with Crippen molar-refractivity contribution in [2.75, 3.05) is 17.7 Å². The molecule has 0 unspecified atom stereocenters. The normalized spacial score (nSPS) is 10.3. The van der Waals surface area contributed by atoms with Crippen LogP contribution in [-0.4, -0.2) is 23.0 Å². The van der Waals surface area contributed by atoms with Crippen LogP contribution in [0.4, 0.5) is 17.5 Å². The Hall–Kier alpha value is -3.06. The van der Waals surface area contributed by atoms with E-state index < -0.39 is 5.97 Å². The van der Waals surface area contributed by atoms with E-state index >= 15 is 0 Å². The smallest absolute Gasteiger partial charge is 0.337 e. The molecule has 2 aromatic heterocycles. The Bertz CT molecular complexity index is 868. The number of halogens is 1. The van der Waals surface area contributed by atoms with Gasteiger partial charge >= 0.3 is 5.97 Å². The number of carbonyl (C=O) groups is 1. The molecule has 7 nitrogen and oxygen atoms in total. The fourth-order valence-electron chi connectivity index (χ4n) is 2.10. The molecule has 0 saturated heterocycles. The second-order valence-corrected chi connectivity index (χ2v) is 5.42. The highest BCUT2D eigenvalue weighted by Crippen LogP contribution is 2.26. The Morgan fingerprint density at radius 3 is 2.96 bits per heavy atom. The van der Waals surface area contributed by atoms with Crippen molar-refractivity contribution in [1.29, 1.82) is 0 Å². The maximum atomic E-state index is 11.6. The third-order valence-electron chi connectivity index (χ3n) is 3.31. The van der Waals surface area contributed by atoms with Gasteiger partial charge in [-0.1, -0.05) is 11.6 Å². The predicted octanol–water partition coefficient (Wildman–Crippen LogP) is 3.87. The molecule has 0 bridgehead atoms. The van der Waals surface area contributed by atoms with Crippen molar-refractivity contribution in [1.82, 2.24) is 9.97 Å². The monoisotopic (exact) mass is 358 g/mol. The van der Waals surface area contributed by atoms with Crippen molar-refractivity contribution in [2.24, 2.45) is 0 Å². The molecule has 0 radical (unpaired) electrons. The Labute approximate surface area is 149 Å². The van der Waals surface area contributed by atoms with E-state index in [1.807, 2.05) is 12.1 Å². The molecule has 8 heteroatoms. The zero-order valence-electron chi connectivity index (χ0n) is 13.3. The Kier molecular flexibility index (Phi) is 5.15. The summed E-state index contributed by atoms with van der Waals surface area (Å²) in [6, 6.07) is 10.2. The summed E-state index contributed by atoms with van der Waals surface area (Å²) in [7, 11) is 1.32. The number of rotatable bonds is 6. The summed E-state index contributed by atoms with van der Waals surface area (Å²) in [6.45, 7) is 0.467. The van der Waals surface area contributed by atoms with Crippen molar-refractivity contribution in [3.05, 3.63) is 65.2 Å². The number of nitrogens with one attached hydrogen (secondary N) is 2. The molecule has 0 aliphatic rings. The summed E-state index contributed by atoms with van der Waals surface area (Å²) in [5.74, 6) is 1.29. The van der Waals surface area contributed by atoms with Gasteiger partial charge in [-0.15, -0.1) is 0 Å². The molecule has 0 saturated carbocycles. The van der Waals surface area contributed by atoms with Crippen LogP contribution in [0.5, 0.6) is 0 Å². The number of benzene rings is 1. The number of carbonyl (C=O) groups excluding carboxylic acids is 1. The summed E-state index contributed by atoms with van der Waals surface area (Å²) in [4.78, 5) is 20.1. The van der Waals surface area contributed by atoms with Gasteiger partial charge in [0.15, 0.2) is 0 Å². The van der Waals surface area contributed by atoms with E-state index in [1.165, 1.54) is 7.11 Å². The number of esters is 1. The molecule has 3 aromatic rings. The Morgan fingerprint density at radius 2 is 2.20 bits per heavy atom. The largest absolute Gasteiger partial charge is 0.467 e. The third kappa shape index (κ3) is 4.27. The van der Waals surface area contributed by atoms with Crippen LogP contribution < -0.4 is 10.6 Å². The van der Waals surface area contributed by atoms with Crippen LogP contribution in [0, 0.1) is 0 Å². The number of nitrogens with zero attached hydrogens (tertiary/aromatic N) is 2. The fraction of sp³-hybridized carbons (Fsp3) is 0.118. The van der Waals surface area contributed by atoms with E-state index in [0.717, 1.165) is 5.76 Å².